The van der Waals surface area contributed by atoms with Crippen molar-refractivity contribution < 1.29 is 29.3 Å². The van der Waals surface area contributed by atoms with Gasteiger partial charge in [-0.05, 0) is 58.7 Å². The van der Waals surface area contributed by atoms with E-state index in [9.17, 15) is 14.7 Å². The number of carboxylic acid groups (broad SMARTS) is 1. The van der Waals surface area contributed by atoms with Gasteiger partial charge < -0.3 is 24.6 Å². The van der Waals surface area contributed by atoms with Crippen molar-refractivity contribution in [3.05, 3.63) is 29.8 Å². The molecule has 1 amide bonds. The van der Waals surface area contributed by atoms with Crippen LogP contribution in [0.4, 0.5) is 4.79 Å². The van der Waals surface area contributed by atoms with Crippen LogP contribution < -0.4 is 4.74 Å². The van der Waals surface area contributed by atoms with Gasteiger partial charge in [0.25, 0.3) is 0 Å². The lowest BCUT2D eigenvalue weighted by molar-refractivity contribution is -0.136. The maximum atomic E-state index is 12.3. The van der Waals surface area contributed by atoms with E-state index < -0.39 is 23.8 Å². The van der Waals surface area contributed by atoms with E-state index in [0.29, 0.717) is 12.2 Å². The summed E-state index contributed by atoms with van der Waals surface area (Å²) in [5, 5.41) is 18.9. The Balaban J connectivity index is 2.53. The molecule has 7 heteroatoms. The lowest BCUT2D eigenvalue weighted by atomic mass is 10.1. The maximum Gasteiger partial charge on any atom is 0.410 e. The Morgan fingerprint density at radius 1 is 1.15 bits per heavy atom. The van der Waals surface area contributed by atoms with E-state index in [1.54, 1.807) is 45.0 Å². The van der Waals surface area contributed by atoms with Crippen molar-refractivity contribution in [2.75, 3.05) is 13.2 Å². The van der Waals surface area contributed by atoms with E-state index >= 15 is 0 Å². The minimum Gasteiger partial charge on any atom is -0.491 e. The predicted molar refractivity (Wildman–Crippen MR) is 102 cm³/mol. The highest BCUT2D eigenvalue weighted by molar-refractivity contribution is 5.68. The summed E-state index contributed by atoms with van der Waals surface area (Å²) in [5.41, 5.74) is 0.301. The molecular weight excluding hydrogens is 350 g/mol. The number of ether oxygens (including phenoxy) is 2. The van der Waals surface area contributed by atoms with Crippen molar-refractivity contribution in [1.82, 2.24) is 4.90 Å². The van der Waals surface area contributed by atoms with E-state index in [1.165, 1.54) is 4.90 Å². The minimum atomic E-state index is -0.869. The Morgan fingerprint density at radius 3 is 2.22 bits per heavy atom. The van der Waals surface area contributed by atoms with Crippen LogP contribution in [-0.4, -0.2) is 58.1 Å². The summed E-state index contributed by atoms with van der Waals surface area (Å²) >= 11 is 0. The summed E-state index contributed by atoms with van der Waals surface area (Å²) < 4.78 is 10.9. The third kappa shape index (κ3) is 9.28. The highest BCUT2D eigenvalue weighted by Gasteiger charge is 2.26. The number of aliphatic hydroxyl groups excluding tert-OH is 1. The number of aryl methyl sites for hydroxylation is 1. The fourth-order valence-electron chi connectivity index (χ4n) is 2.29. The van der Waals surface area contributed by atoms with Gasteiger partial charge in [0.1, 0.15) is 24.1 Å². The molecule has 27 heavy (non-hydrogen) atoms. The lowest BCUT2D eigenvalue weighted by Crippen LogP contribution is -2.46. The normalized spacial score (nSPS) is 12.6. The van der Waals surface area contributed by atoms with Gasteiger partial charge >= 0.3 is 12.1 Å². The number of hydrogen-bond donors (Lipinski definition) is 2. The van der Waals surface area contributed by atoms with Gasteiger partial charge in [0.15, 0.2) is 0 Å². The Morgan fingerprint density at radius 2 is 1.74 bits per heavy atom. The Bertz CT molecular complexity index is 606. The lowest BCUT2D eigenvalue weighted by Gasteiger charge is -2.31. The van der Waals surface area contributed by atoms with Crippen LogP contribution in [0.25, 0.3) is 0 Å². The summed E-state index contributed by atoms with van der Waals surface area (Å²) in [5.74, 6) is -0.264. The molecule has 7 nitrogen and oxygen atoms in total. The summed E-state index contributed by atoms with van der Waals surface area (Å²) in [7, 11) is 0. The van der Waals surface area contributed by atoms with Gasteiger partial charge in [-0.15, -0.1) is 0 Å². The van der Waals surface area contributed by atoms with E-state index in [1.807, 2.05) is 13.8 Å². The molecule has 1 aromatic rings. The molecule has 0 fully saturated rings. The van der Waals surface area contributed by atoms with Crippen LogP contribution in [0.15, 0.2) is 24.3 Å². The second-order valence-electron chi connectivity index (χ2n) is 7.73. The van der Waals surface area contributed by atoms with E-state index in [0.717, 1.165) is 5.56 Å². The molecule has 0 aliphatic heterocycles. The van der Waals surface area contributed by atoms with Crippen LogP contribution in [0, 0.1) is 0 Å². The number of carbonyl (C=O) groups excluding carboxylic acids is 1. The molecular formula is C20H31NO6. The molecule has 1 rings (SSSR count). The number of amides is 1. The van der Waals surface area contributed by atoms with Crippen molar-refractivity contribution in [3.8, 4) is 5.75 Å². The minimum absolute atomic E-state index is 0.0283. The van der Waals surface area contributed by atoms with Gasteiger partial charge in [0.05, 0.1) is 6.54 Å². The monoisotopic (exact) mass is 381 g/mol. The van der Waals surface area contributed by atoms with Crippen molar-refractivity contribution >= 4 is 12.1 Å². The van der Waals surface area contributed by atoms with E-state index in [2.05, 4.69) is 0 Å². The van der Waals surface area contributed by atoms with Crippen LogP contribution in [0.5, 0.6) is 5.75 Å². The van der Waals surface area contributed by atoms with Crippen molar-refractivity contribution in [2.45, 2.75) is 65.2 Å². The molecule has 2 N–H and O–H groups in total. The number of aliphatic carboxylic acids is 1. The van der Waals surface area contributed by atoms with Crippen LogP contribution >= 0.6 is 0 Å². The second-order valence-corrected chi connectivity index (χ2v) is 7.73. The molecule has 0 radical (unpaired) electrons. The average Bonchev–Trinajstić information content (AvgIpc) is 2.54. The number of aliphatic hydroxyl groups is 1. The zero-order valence-electron chi connectivity index (χ0n) is 16.8. The van der Waals surface area contributed by atoms with Crippen LogP contribution in [0.1, 0.15) is 46.6 Å². The summed E-state index contributed by atoms with van der Waals surface area (Å²) in [6.45, 7) is 9.22. The van der Waals surface area contributed by atoms with Gasteiger partial charge in [-0.2, -0.15) is 0 Å². The van der Waals surface area contributed by atoms with Crippen LogP contribution in [0.2, 0.25) is 0 Å². The van der Waals surface area contributed by atoms with Gasteiger partial charge in [0, 0.05) is 12.5 Å². The number of rotatable bonds is 9. The van der Waals surface area contributed by atoms with Crippen molar-refractivity contribution in [2.24, 2.45) is 0 Å². The van der Waals surface area contributed by atoms with Gasteiger partial charge in [0.2, 0.25) is 0 Å². The Kier molecular flexibility index (Phi) is 8.56. The summed E-state index contributed by atoms with van der Waals surface area (Å²) in [6, 6.07) is 6.94. The summed E-state index contributed by atoms with van der Waals surface area (Å²) in [4.78, 5) is 24.3. The van der Waals surface area contributed by atoms with Gasteiger partial charge in [-0.25, -0.2) is 4.79 Å². The first-order valence-electron chi connectivity index (χ1n) is 9.09. The van der Waals surface area contributed by atoms with E-state index in [4.69, 9.17) is 14.6 Å². The van der Waals surface area contributed by atoms with Gasteiger partial charge in [-0.3, -0.25) is 4.79 Å². The third-order valence-corrected chi connectivity index (χ3v) is 3.65. The highest BCUT2D eigenvalue weighted by Crippen LogP contribution is 2.15. The first-order valence-corrected chi connectivity index (χ1v) is 9.09. The molecule has 0 aromatic heterocycles. The Labute approximate surface area is 160 Å². The number of hydrogen-bond acceptors (Lipinski definition) is 5. The highest BCUT2D eigenvalue weighted by atomic mass is 16.6. The molecule has 1 atom stereocenters. The fourth-order valence-corrected chi connectivity index (χ4v) is 2.29. The van der Waals surface area contributed by atoms with Crippen LogP contribution in [0.3, 0.4) is 0 Å². The van der Waals surface area contributed by atoms with Gasteiger partial charge in [-0.1, -0.05) is 12.1 Å². The molecule has 0 heterocycles. The SMILES string of the molecule is CC(C)N(CC(O)COc1ccc(CCC(=O)O)cc1)C(=O)OC(C)(C)C. The molecule has 0 saturated heterocycles. The Hall–Kier alpha value is -2.28. The zero-order valence-corrected chi connectivity index (χ0v) is 16.8. The number of carbonyl (C=O) groups is 2. The first kappa shape index (κ1) is 22.8. The standard InChI is InChI=1S/C20H31NO6/c1-14(2)21(19(25)27-20(3,4)5)12-16(22)13-26-17-9-6-15(7-10-17)8-11-18(23)24/h6-7,9-10,14,16,22H,8,11-13H2,1-5H3,(H,23,24). The quantitative estimate of drug-likeness (QED) is 0.682. The number of nitrogens with zero attached hydrogens (tertiary/aromatic N) is 1. The number of benzene rings is 1. The molecule has 1 aromatic carbocycles. The number of carboxylic acids is 1. The smallest absolute Gasteiger partial charge is 0.410 e. The molecule has 152 valence electrons. The van der Waals surface area contributed by atoms with Crippen molar-refractivity contribution in [1.29, 1.82) is 0 Å². The second kappa shape index (κ2) is 10.2. The molecule has 0 aliphatic rings. The zero-order chi connectivity index (χ0) is 20.6. The molecule has 1 unspecified atom stereocenters. The maximum absolute atomic E-state index is 12.3. The molecule has 0 spiro atoms. The molecule has 0 saturated carbocycles. The van der Waals surface area contributed by atoms with Crippen molar-refractivity contribution in [3.63, 3.8) is 0 Å². The van der Waals surface area contributed by atoms with Crippen LogP contribution in [-0.2, 0) is 16.0 Å². The first-order chi connectivity index (χ1) is 12.5. The largest absolute Gasteiger partial charge is 0.491 e. The fraction of sp³-hybridized carbons (Fsp3) is 0.600. The third-order valence-electron chi connectivity index (χ3n) is 3.65. The summed E-state index contributed by atoms with van der Waals surface area (Å²) in [6.07, 6.45) is -0.808. The average molecular weight is 381 g/mol. The molecule has 0 bridgehead atoms. The molecule has 0 aliphatic carbocycles. The topological polar surface area (TPSA) is 96.3 Å². The predicted octanol–water partition coefficient (Wildman–Crippen LogP) is 3.09. The van der Waals surface area contributed by atoms with E-state index in [-0.39, 0.29) is 25.6 Å².